The minimum absolute atomic E-state index is 0.139. The van der Waals surface area contributed by atoms with E-state index in [-0.39, 0.29) is 16.9 Å². The fraction of sp³-hybridized carbons (Fsp3) is 0.0882. The van der Waals surface area contributed by atoms with E-state index < -0.39 is 5.91 Å². The summed E-state index contributed by atoms with van der Waals surface area (Å²) in [6.07, 6.45) is 5.68. The molecule has 0 atom stereocenters. The van der Waals surface area contributed by atoms with E-state index in [1.165, 1.54) is 29.7 Å². The first-order chi connectivity index (χ1) is 20.9. The lowest BCUT2D eigenvalue weighted by molar-refractivity contribution is 0.0998. The van der Waals surface area contributed by atoms with Gasteiger partial charge in [0.05, 0.1) is 16.8 Å². The zero-order valence-corrected chi connectivity index (χ0v) is 23.1. The van der Waals surface area contributed by atoms with Crippen LogP contribution in [0.15, 0.2) is 97.2 Å². The van der Waals surface area contributed by atoms with Crippen molar-refractivity contribution in [1.82, 2.24) is 19.5 Å². The van der Waals surface area contributed by atoms with Crippen molar-refractivity contribution in [3.05, 3.63) is 119 Å². The predicted octanol–water partition coefficient (Wildman–Crippen LogP) is 5.52. The molecule has 7 rings (SSSR count). The summed E-state index contributed by atoms with van der Waals surface area (Å²) in [5, 5.41) is 9.10. The number of hydrogen-bond acceptors (Lipinski definition) is 7. The second-order valence-corrected chi connectivity index (χ2v) is 10.2. The second-order valence-electron chi connectivity index (χ2n) is 10.2. The zero-order chi connectivity index (χ0) is 29.9. The van der Waals surface area contributed by atoms with Crippen molar-refractivity contribution in [1.29, 1.82) is 0 Å². The fourth-order valence-electron chi connectivity index (χ4n) is 5.25. The van der Waals surface area contributed by atoms with Gasteiger partial charge >= 0.3 is 0 Å². The molecule has 212 valence electrons. The highest BCUT2D eigenvalue weighted by atomic mass is 16.3. The molecule has 0 radical (unpaired) electrons. The van der Waals surface area contributed by atoms with Crippen LogP contribution >= 0.6 is 0 Å². The van der Waals surface area contributed by atoms with Crippen LogP contribution in [0.3, 0.4) is 0 Å². The van der Waals surface area contributed by atoms with Crippen molar-refractivity contribution in [3.63, 3.8) is 0 Å². The lowest BCUT2D eigenvalue weighted by atomic mass is 10.1. The van der Waals surface area contributed by atoms with E-state index in [4.69, 9.17) is 26.5 Å². The molecule has 0 aliphatic heterocycles. The summed E-state index contributed by atoms with van der Waals surface area (Å²) >= 11 is 0. The summed E-state index contributed by atoms with van der Waals surface area (Å²) in [6, 6.07) is 28.7. The molecule has 0 spiro atoms. The van der Waals surface area contributed by atoms with Gasteiger partial charge in [-0.1, -0.05) is 36.4 Å². The van der Waals surface area contributed by atoms with Crippen LogP contribution in [0.1, 0.15) is 38.3 Å². The molecule has 1 aliphatic rings. The summed E-state index contributed by atoms with van der Waals surface area (Å²) in [5.74, 6) is 0.351. The number of benzene rings is 3. The van der Waals surface area contributed by atoms with Crippen LogP contribution in [-0.2, 0) is 12.8 Å². The lowest BCUT2D eigenvalue weighted by Gasteiger charge is -2.12. The predicted molar refractivity (Wildman–Crippen MR) is 166 cm³/mol. The number of primary amides is 1. The number of aryl methyl sites for hydroxylation is 2. The first-order valence-corrected chi connectivity index (χ1v) is 13.8. The van der Waals surface area contributed by atoms with E-state index in [0.29, 0.717) is 12.1 Å². The average Bonchev–Trinajstić information content (AvgIpc) is 3.66. The number of imidazole rings is 1. The van der Waals surface area contributed by atoms with Gasteiger partial charge in [-0.3, -0.25) is 14.2 Å². The SMILES string of the molecule is NC(=O)c1ccc(C=O)c(O)c1.Nc1ncccc1-c1nc2ccc(-c3ccccc3)nc2n1-c1ccc2c(c1)CCC2. The Kier molecular flexibility index (Phi) is 7.36. The molecule has 1 amide bonds. The van der Waals surface area contributed by atoms with Gasteiger partial charge < -0.3 is 16.6 Å². The molecular formula is C34H28N6O3. The molecule has 3 aromatic heterocycles. The molecule has 9 heteroatoms. The largest absolute Gasteiger partial charge is 0.507 e. The molecule has 3 heterocycles. The molecular weight excluding hydrogens is 540 g/mol. The number of phenols is 1. The van der Waals surface area contributed by atoms with Crippen molar-refractivity contribution in [2.45, 2.75) is 19.3 Å². The number of nitrogens with two attached hydrogens (primary N) is 2. The normalized spacial score (nSPS) is 11.9. The van der Waals surface area contributed by atoms with Crippen LogP contribution in [-0.4, -0.2) is 36.8 Å². The van der Waals surface area contributed by atoms with Crippen LogP contribution in [0.4, 0.5) is 5.82 Å². The number of pyridine rings is 2. The maximum absolute atomic E-state index is 10.6. The number of hydrogen-bond donors (Lipinski definition) is 3. The van der Waals surface area contributed by atoms with Crippen molar-refractivity contribution in [2.24, 2.45) is 5.73 Å². The Hall–Kier alpha value is -5.83. The van der Waals surface area contributed by atoms with Gasteiger partial charge in [0.1, 0.15) is 17.1 Å². The van der Waals surface area contributed by atoms with Crippen LogP contribution in [0, 0.1) is 0 Å². The Morgan fingerprint density at radius 1 is 0.884 bits per heavy atom. The highest BCUT2D eigenvalue weighted by Crippen LogP contribution is 2.33. The van der Waals surface area contributed by atoms with Crippen molar-refractivity contribution in [2.75, 3.05) is 5.73 Å². The van der Waals surface area contributed by atoms with Crippen molar-refractivity contribution in [3.8, 4) is 34.1 Å². The second kappa shape index (κ2) is 11.6. The van der Waals surface area contributed by atoms with Gasteiger partial charge in [-0.15, -0.1) is 0 Å². The smallest absolute Gasteiger partial charge is 0.248 e. The topological polar surface area (TPSA) is 150 Å². The summed E-state index contributed by atoms with van der Waals surface area (Å²) in [6.45, 7) is 0. The molecule has 0 saturated heterocycles. The van der Waals surface area contributed by atoms with Crippen LogP contribution in [0.2, 0.25) is 0 Å². The van der Waals surface area contributed by atoms with Gasteiger partial charge in [0.25, 0.3) is 0 Å². The number of carbonyl (C=O) groups excluding carboxylic acids is 2. The first kappa shape index (κ1) is 27.3. The number of aromatic hydroxyl groups is 1. The minimum Gasteiger partial charge on any atom is -0.507 e. The standard InChI is InChI=1S/C26H21N5.C8H7NO3/c27-24-21(10-5-15-28-24)25-30-23-14-13-22(18-6-2-1-3-7-18)29-26(23)31(25)20-12-11-17-8-4-9-19(17)16-20;9-8(12)5-1-2-6(4-10)7(11)3-5/h1-3,5-7,10-16H,4,8-9H2,(H2,27,28);1-4,11H,(H2,9,12). The summed E-state index contributed by atoms with van der Waals surface area (Å²) < 4.78 is 2.12. The van der Waals surface area contributed by atoms with Crippen LogP contribution in [0.25, 0.3) is 39.5 Å². The van der Waals surface area contributed by atoms with Crippen LogP contribution < -0.4 is 11.5 Å². The van der Waals surface area contributed by atoms with Gasteiger partial charge in [0, 0.05) is 23.0 Å². The molecule has 6 aromatic rings. The Morgan fingerprint density at radius 2 is 1.70 bits per heavy atom. The van der Waals surface area contributed by atoms with Gasteiger partial charge in [0.2, 0.25) is 5.91 Å². The average molecular weight is 569 g/mol. The molecule has 43 heavy (non-hydrogen) atoms. The number of rotatable bonds is 5. The van der Waals surface area contributed by atoms with E-state index in [0.717, 1.165) is 58.4 Å². The maximum atomic E-state index is 10.6. The highest BCUT2D eigenvalue weighted by molar-refractivity contribution is 5.94. The zero-order valence-electron chi connectivity index (χ0n) is 23.1. The lowest BCUT2D eigenvalue weighted by Crippen LogP contribution is -2.10. The number of anilines is 1. The maximum Gasteiger partial charge on any atom is 0.248 e. The quantitative estimate of drug-likeness (QED) is 0.232. The molecule has 0 fully saturated rings. The Labute approximate surface area is 247 Å². The van der Waals surface area contributed by atoms with Gasteiger partial charge in [0.15, 0.2) is 17.8 Å². The third-order valence-corrected chi connectivity index (χ3v) is 7.44. The third kappa shape index (κ3) is 5.43. The molecule has 9 nitrogen and oxygen atoms in total. The Balaban J connectivity index is 0.000000232. The van der Waals surface area contributed by atoms with Gasteiger partial charge in [-0.25, -0.2) is 15.0 Å². The van der Waals surface area contributed by atoms with E-state index in [1.54, 1.807) is 6.20 Å². The minimum atomic E-state index is -0.636. The Morgan fingerprint density at radius 3 is 2.44 bits per heavy atom. The monoisotopic (exact) mass is 568 g/mol. The number of nitrogen functional groups attached to an aromatic ring is 1. The van der Waals surface area contributed by atoms with E-state index in [1.807, 2.05) is 42.5 Å². The van der Waals surface area contributed by atoms with E-state index in [2.05, 4.69) is 39.9 Å². The number of amides is 1. The number of fused-ring (bicyclic) bond motifs is 2. The number of phenolic OH excluding ortho intramolecular Hbond substituents is 1. The molecule has 0 saturated carbocycles. The third-order valence-electron chi connectivity index (χ3n) is 7.44. The van der Waals surface area contributed by atoms with Crippen LogP contribution in [0.5, 0.6) is 5.75 Å². The number of nitrogens with zero attached hydrogens (tertiary/aromatic N) is 4. The van der Waals surface area contributed by atoms with E-state index >= 15 is 0 Å². The molecule has 0 unspecified atom stereocenters. The molecule has 5 N–H and O–H groups in total. The number of aldehydes is 1. The van der Waals surface area contributed by atoms with Gasteiger partial charge in [-0.2, -0.15) is 0 Å². The van der Waals surface area contributed by atoms with Gasteiger partial charge in [-0.05, 0) is 85.0 Å². The summed E-state index contributed by atoms with van der Waals surface area (Å²) in [5.41, 5.74) is 19.9. The van der Waals surface area contributed by atoms with Crippen molar-refractivity contribution >= 4 is 29.2 Å². The number of aromatic nitrogens is 4. The summed E-state index contributed by atoms with van der Waals surface area (Å²) in [4.78, 5) is 35.1. The molecule has 1 aliphatic carbocycles. The first-order valence-electron chi connectivity index (χ1n) is 13.8. The fourth-order valence-corrected chi connectivity index (χ4v) is 5.25. The molecule has 3 aromatic carbocycles. The summed E-state index contributed by atoms with van der Waals surface area (Å²) in [7, 11) is 0. The van der Waals surface area contributed by atoms with Crippen molar-refractivity contribution < 1.29 is 14.7 Å². The molecule has 0 bridgehead atoms. The highest BCUT2D eigenvalue weighted by Gasteiger charge is 2.20. The van der Waals surface area contributed by atoms with E-state index in [9.17, 15) is 9.59 Å². The Bertz CT molecular complexity index is 1980. The number of carbonyl (C=O) groups is 2.